The summed E-state index contributed by atoms with van der Waals surface area (Å²) < 4.78 is 24.4. The molecule has 0 spiro atoms. The molecule has 0 radical (unpaired) electrons. The Hall–Kier alpha value is -1.04. The van der Waals surface area contributed by atoms with E-state index >= 15 is 0 Å². The molecule has 0 saturated carbocycles. The summed E-state index contributed by atoms with van der Waals surface area (Å²) in [6, 6.07) is 1.99. The van der Waals surface area contributed by atoms with E-state index in [9.17, 15) is 8.42 Å². The fraction of sp³-hybridized carbons (Fsp3) is 0.667. The SMILES string of the molecule is Cc1cc(N)nn1C1CCS(=O)(=O)CC1. The minimum absolute atomic E-state index is 0.186. The van der Waals surface area contributed by atoms with Crippen molar-refractivity contribution in [2.24, 2.45) is 0 Å². The van der Waals surface area contributed by atoms with Crippen molar-refractivity contribution in [2.75, 3.05) is 17.2 Å². The molecule has 15 heavy (non-hydrogen) atoms. The Morgan fingerprint density at radius 3 is 2.53 bits per heavy atom. The van der Waals surface area contributed by atoms with E-state index in [1.165, 1.54) is 0 Å². The standard InChI is InChI=1S/C9H15N3O2S/c1-7-6-9(10)11-12(7)8-2-4-15(13,14)5-3-8/h6,8H,2-5H2,1H3,(H2,10,11). The van der Waals surface area contributed by atoms with E-state index in [-0.39, 0.29) is 17.5 Å². The molecule has 1 aliphatic rings. The highest BCUT2D eigenvalue weighted by atomic mass is 32.2. The van der Waals surface area contributed by atoms with Gasteiger partial charge in [0.2, 0.25) is 0 Å². The second-order valence-electron chi connectivity index (χ2n) is 4.04. The van der Waals surface area contributed by atoms with Gasteiger partial charge in [-0.2, -0.15) is 5.10 Å². The van der Waals surface area contributed by atoms with Crippen LogP contribution < -0.4 is 5.73 Å². The Balaban J connectivity index is 2.17. The van der Waals surface area contributed by atoms with E-state index in [4.69, 9.17) is 5.73 Å². The molecule has 2 N–H and O–H groups in total. The van der Waals surface area contributed by atoms with Crippen LogP contribution in [0.25, 0.3) is 0 Å². The van der Waals surface area contributed by atoms with Gasteiger partial charge in [0.1, 0.15) is 15.7 Å². The quantitative estimate of drug-likeness (QED) is 0.761. The molecule has 0 unspecified atom stereocenters. The van der Waals surface area contributed by atoms with Crippen molar-refractivity contribution in [3.05, 3.63) is 11.8 Å². The van der Waals surface area contributed by atoms with Gasteiger partial charge in [-0.15, -0.1) is 0 Å². The molecule has 2 heterocycles. The molecular weight excluding hydrogens is 214 g/mol. The summed E-state index contributed by atoms with van der Waals surface area (Å²) in [4.78, 5) is 0. The average molecular weight is 229 g/mol. The fourth-order valence-electron chi connectivity index (χ4n) is 2.00. The zero-order valence-electron chi connectivity index (χ0n) is 8.68. The van der Waals surface area contributed by atoms with Crippen molar-refractivity contribution in [2.45, 2.75) is 25.8 Å². The molecular formula is C9H15N3O2S. The zero-order valence-corrected chi connectivity index (χ0v) is 9.50. The molecule has 1 saturated heterocycles. The number of hydrogen-bond donors (Lipinski definition) is 1. The third kappa shape index (κ3) is 2.14. The van der Waals surface area contributed by atoms with Crippen molar-refractivity contribution < 1.29 is 8.42 Å². The topological polar surface area (TPSA) is 78.0 Å². The predicted octanol–water partition coefficient (Wildman–Crippen LogP) is 0.523. The highest BCUT2D eigenvalue weighted by Gasteiger charge is 2.25. The first-order valence-corrected chi connectivity index (χ1v) is 6.82. The highest BCUT2D eigenvalue weighted by molar-refractivity contribution is 7.91. The largest absolute Gasteiger partial charge is 0.382 e. The molecule has 0 aromatic carbocycles. The lowest BCUT2D eigenvalue weighted by molar-refractivity contribution is 0.407. The van der Waals surface area contributed by atoms with Crippen LogP contribution in [0.3, 0.4) is 0 Å². The van der Waals surface area contributed by atoms with Crippen molar-refractivity contribution in [3.63, 3.8) is 0 Å². The van der Waals surface area contributed by atoms with Crippen molar-refractivity contribution in [1.82, 2.24) is 9.78 Å². The molecule has 1 aromatic rings. The molecule has 1 aliphatic heterocycles. The summed E-state index contributed by atoms with van der Waals surface area (Å²) in [7, 11) is -2.80. The van der Waals surface area contributed by atoms with Crippen molar-refractivity contribution >= 4 is 15.7 Å². The van der Waals surface area contributed by atoms with Gasteiger partial charge < -0.3 is 5.73 Å². The molecule has 5 nitrogen and oxygen atoms in total. The van der Waals surface area contributed by atoms with Crippen LogP contribution in [-0.4, -0.2) is 29.7 Å². The van der Waals surface area contributed by atoms with Crippen LogP contribution in [0, 0.1) is 6.92 Å². The summed E-state index contributed by atoms with van der Waals surface area (Å²) in [5.41, 5.74) is 6.59. The highest BCUT2D eigenvalue weighted by Crippen LogP contribution is 2.25. The van der Waals surface area contributed by atoms with Gasteiger partial charge >= 0.3 is 0 Å². The van der Waals surface area contributed by atoms with Gasteiger partial charge in [-0.25, -0.2) is 8.42 Å². The summed E-state index contributed by atoms with van der Waals surface area (Å²) in [5.74, 6) is 1.02. The lowest BCUT2D eigenvalue weighted by Gasteiger charge is -2.23. The first-order valence-electron chi connectivity index (χ1n) is 5.00. The molecule has 6 heteroatoms. The lowest BCUT2D eigenvalue weighted by atomic mass is 10.1. The Morgan fingerprint density at radius 2 is 2.07 bits per heavy atom. The molecule has 2 rings (SSSR count). The van der Waals surface area contributed by atoms with Crippen molar-refractivity contribution in [3.8, 4) is 0 Å². The second-order valence-corrected chi connectivity index (χ2v) is 6.34. The number of nitrogens with zero attached hydrogens (tertiary/aromatic N) is 2. The summed E-state index contributed by atoms with van der Waals surface area (Å²) in [6.07, 6.45) is 1.29. The number of sulfone groups is 1. The average Bonchev–Trinajstić information content (AvgIpc) is 2.45. The predicted molar refractivity (Wildman–Crippen MR) is 58.3 cm³/mol. The van der Waals surface area contributed by atoms with Crippen LogP contribution >= 0.6 is 0 Å². The Kier molecular flexibility index (Phi) is 2.46. The van der Waals surface area contributed by atoms with E-state index < -0.39 is 9.84 Å². The van der Waals surface area contributed by atoms with E-state index in [1.54, 1.807) is 0 Å². The molecule has 0 amide bonds. The summed E-state index contributed by atoms with van der Waals surface area (Å²) >= 11 is 0. The summed E-state index contributed by atoms with van der Waals surface area (Å²) in [5, 5.41) is 4.18. The van der Waals surface area contributed by atoms with Crippen molar-refractivity contribution in [1.29, 1.82) is 0 Å². The number of rotatable bonds is 1. The number of nitrogen functional groups attached to an aromatic ring is 1. The van der Waals surface area contributed by atoms with Gasteiger partial charge in [0.25, 0.3) is 0 Å². The van der Waals surface area contributed by atoms with Crippen LogP contribution in [0.2, 0.25) is 0 Å². The lowest BCUT2D eigenvalue weighted by Crippen LogP contribution is -2.26. The molecule has 0 atom stereocenters. The van der Waals surface area contributed by atoms with Gasteiger partial charge in [-0.05, 0) is 19.8 Å². The zero-order chi connectivity index (χ0) is 11.1. The maximum absolute atomic E-state index is 11.3. The van der Waals surface area contributed by atoms with Gasteiger partial charge in [-0.3, -0.25) is 4.68 Å². The minimum atomic E-state index is -2.80. The fourth-order valence-corrected chi connectivity index (χ4v) is 3.47. The monoisotopic (exact) mass is 229 g/mol. The number of nitrogens with two attached hydrogens (primary N) is 1. The van der Waals surface area contributed by atoms with Crippen LogP contribution in [0.1, 0.15) is 24.6 Å². The van der Waals surface area contributed by atoms with Gasteiger partial charge in [0.15, 0.2) is 0 Å². The number of aromatic nitrogens is 2. The summed E-state index contributed by atoms with van der Waals surface area (Å²) in [6.45, 7) is 1.94. The first-order chi connectivity index (χ1) is 6.98. The van der Waals surface area contributed by atoms with E-state index in [1.807, 2.05) is 17.7 Å². The molecule has 1 fully saturated rings. The Labute approximate surface area is 89.2 Å². The third-order valence-electron chi connectivity index (χ3n) is 2.81. The second kappa shape index (κ2) is 3.52. The Bertz CT molecular complexity index is 450. The molecule has 1 aromatic heterocycles. The number of anilines is 1. The van der Waals surface area contributed by atoms with Crippen LogP contribution in [0.4, 0.5) is 5.82 Å². The molecule has 0 aliphatic carbocycles. The molecule has 0 bridgehead atoms. The van der Waals surface area contributed by atoms with E-state index in [0.717, 1.165) is 5.69 Å². The maximum atomic E-state index is 11.3. The molecule has 84 valence electrons. The minimum Gasteiger partial charge on any atom is -0.382 e. The Morgan fingerprint density at radius 1 is 1.47 bits per heavy atom. The normalized spacial score (nSPS) is 21.7. The van der Waals surface area contributed by atoms with Gasteiger partial charge in [0.05, 0.1) is 17.5 Å². The number of aryl methyl sites for hydroxylation is 1. The van der Waals surface area contributed by atoms with E-state index in [2.05, 4.69) is 5.10 Å². The smallest absolute Gasteiger partial charge is 0.150 e. The van der Waals surface area contributed by atoms with Gasteiger partial charge in [-0.1, -0.05) is 0 Å². The van der Waals surface area contributed by atoms with Crippen LogP contribution in [-0.2, 0) is 9.84 Å². The maximum Gasteiger partial charge on any atom is 0.150 e. The number of hydrogen-bond acceptors (Lipinski definition) is 4. The first kappa shape index (κ1) is 10.5. The van der Waals surface area contributed by atoms with Crippen LogP contribution in [0.15, 0.2) is 6.07 Å². The van der Waals surface area contributed by atoms with Gasteiger partial charge in [0, 0.05) is 11.8 Å². The van der Waals surface area contributed by atoms with Crippen LogP contribution in [0.5, 0.6) is 0 Å². The third-order valence-corrected chi connectivity index (χ3v) is 4.53. The van der Waals surface area contributed by atoms with E-state index in [0.29, 0.717) is 18.7 Å².